The minimum atomic E-state index is 0.128. The molecule has 0 radical (unpaired) electrons. The number of ether oxygens (including phenoxy) is 1. The van der Waals surface area contributed by atoms with E-state index in [2.05, 4.69) is 5.10 Å². The standard InChI is InChI=1S/C11H17N3O/c12-11(4-5-11)3-2-9-8-13-14-6-1-7-15-10(9)14/h8H,1-7,12H2. The highest BCUT2D eigenvalue weighted by molar-refractivity contribution is 5.26. The lowest BCUT2D eigenvalue weighted by atomic mass is 10.1. The molecule has 2 heterocycles. The molecular weight excluding hydrogens is 190 g/mol. The second-order valence-corrected chi connectivity index (χ2v) is 4.76. The summed E-state index contributed by atoms with van der Waals surface area (Å²) in [6.07, 6.45) is 7.43. The van der Waals surface area contributed by atoms with Gasteiger partial charge in [0.25, 0.3) is 0 Å². The number of hydrogen-bond donors (Lipinski definition) is 1. The van der Waals surface area contributed by atoms with Crippen molar-refractivity contribution in [2.75, 3.05) is 6.61 Å². The monoisotopic (exact) mass is 207 g/mol. The van der Waals surface area contributed by atoms with Gasteiger partial charge in [0, 0.05) is 24.1 Å². The van der Waals surface area contributed by atoms with Crippen molar-refractivity contribution in [2.45, 2.75) is 44.2 Å². The van der Waals surface area contributed by atoms with Crippen LogP contribution < -0.4 is 10.5 Å². The van der Waals surface area contributed by atoms with E-state index in [9.17, 15) is 0 Å². The first-order valence-electron chi connectivity index (χ1n) is 5.73. The Hall–Kier alpha value is -1.03. The molecule has 0 amide bonds. The Labute approximate surface area is 89.4 Å². The number of hydrogen-bond acceptors (Lipinski definition) is 3. The van der Waals surface area contributed by atoms with E-state index in [1.807, 2.05) is 10.9 Å². The molecule has 0 saturated heterocycles. The minimum absolute atomic E-state index is 0.128. The zero-order chi connectivity index (χ0) is 10.3. The molecule has 15 heavy (non-hydrogen) atoms. The molecule has 82 valence electrons. The summed E-state index contributed by atoms with van der Waals surface area (Å²) in [5.74, 6) is 0.977. The average molecular weight is 207 g/mol. The first-order chi connectivity index (χ1) is 7.27. The van der Waals surface area contributed by atoms with Crippen molar-refractivity contribution in [1.29, 1.82) is 0 Å². The Bertz CT molecular complexity index is 368. The van der Waals surface area contributed by atoms with Crippen molar-refractivity contribution in [2.24, 2.45) is 5.73 Å². The van der Waals surface area contributed by atoms with Gasteiger partial charge in [0.1, 0.15) is 0 Å². The van der Waals surface area contributed by atoms with Crippen LogP contribution in [0.3, 0.4) is 0 Å². The highest BCUT2D eigenvalue weighted by Crippen LogP contribution is 2.37. The van der Waals surface area contributed by atoms with E-state index >= 15 is 0 Å². The van der Waals surface area contributed by atoms with Gasteiger partial charge in [-0.15, -0.1) is 0 Å². The fraction of sp³-hybridized carbons (Fsp3) is 0.727. The number of aryl methyl sites for hydroxylation is 2. The van der Waals surface area contributed by atoms with E-state index in [1.54, 1.807) is 0 Å². The van der Waals surface area contributed by atoms with Crippen molar-refractivity contribution < 1.29 is 4.74 Å². The molecule has 2 aliphatic rings. The quantitative estimate of drug-likeness (QED) is 0.807. The summed E-state index contributed by atoms with van der Waals surface area (Å²) >= 11 is 0. The first kappa shape index (κ1) is 9.21. The molecular formula is C11H17N3O. The topological polar surface area (TPSA) is 53.1 Å². The molecule has 0 aromatic carbocycles. The average Bonchev–Trinajstić information content (AvgIpc) is 2.86. The van der Waals surface area contributed by atoms with Gasteiger partial charge < -0.3 is 10.5 Å². The summed E-state index contributed by atoms with van der Waals surface area (Å²) in [6.45, 7) is 1.82. The Morgan fingerprint density at radius 3 is 3.20 bits per heavy atom. The van der Waals surface area contributed by atoms with Gasteiger partial charge in [0.05, 0.1) is 12.8 Å². The van der Waals surface area contributed by atoms with Crippen LogP contribution in [0, 0.1) is 0 Å². The fourth-order valence-corrected chi connectivity index (χ4v) is 2.09. The third-order valence-corrected chi connectivity index (χ3v) is 3.40. The van der Waals surface area contributed by atoms with E-state index in [4.69, 9.17) is 10.5 Å². The molecule has 1 aliphatic carbocycles. The van der Waals surface area contributed by atoms with E-state index in [-0.39, 0.29) is 5.54 Å². The highest BCUT2D eigenvalue weighted by Gasteiger charge is 2.37. The van der Waals surface area contributed by atoms with Crippen LogP contribution in [0.15, 0.2) is 6.20 Å². The minimum Gasteiger partial charge on any atom is -0.478 e. The molecule has 1 saturated carbocycles. The van der Waals surface area contributed by atoms with Crippen LogP contribution in [-0.2, 0) is 13.0 Å². The highest BCUT2D eigenvalue weighted by atomic mass is 16.5. The molecule has 0 atom stereocenters. The van der Waals surface area contributed by atoms with Gasteiger partial charge in [-0.2, -0.15) is 5.10 Å². The zero-order valence-electron chi connectivity index (χ0n) is 8.91. The molecule has 1 aromatic heterocycles. The van der Waals surface area contributed by atoms with Crippen molar-refractivity contribution in [3.8, 4) is 5.88 Å². The van der Waals surface area contributed by atoms with Gasteiger partial charge in [0.2, 0.25) is 5.88 Å². The smallest absolute Gasteiger partial charge is 0.215 e. The summed E-state index contributed by atoms with van der Waals surface area (Å²) < 4.78 is 7.61. The SMILES string of the molecule is NC1(CCc2cnn3c2OCCC3)CC1. The second-order valence-electron chi connectivity index (χ2n) is 4.76. The summed E-state index contributed by atoms with van der Waals surface area (Å²) in [7, 11) is 0. The van der Waals surface area contributed by atoms with Crippen LogP contribution in [0.1, 0.15) is 31.2 Å². The second kappa shape index (κ2) is 3.23. The Morgan fingerprint density at radius 1 is 1.53 bits per heavy atom. The molecule has 1 fully saturated rings. The van der Waals surface area contributed by atoms with Crippen LogP contribution >= 0.6 is 0 Å². The molecule has 4 heteroatoms. The van der Waals surface area contributed by atoms with Crippen molar-refractivity contribution >= 4 is 0 Å². The van der Waals surface area contributed by atoms with Crippen LogP contribution in [0.4, 0.5) is 0 Å². The Balaban J connectivity index is 1.71. The third kappa shape index (κ3) is 1.74. The van der Waals surface area contributed by atoms with Crippen molar-refractivity contribution in [3.05, 3.63) is 11.8 Å². The van der Waals surface area contributed by atoms with Crippen LogP contribution in [-0.4, -0.2) is 21.9 Å². The zero-order valence-corrected chi connectivity index (χ0v) is 8.91. The lowest BCUT2D eigenvalue weighted by Crippen LogP contribution is -2.22. The molecule has 1 aromatic rings. The maximum absolute atomic E-state index is 6.07. The van der Waals surface area contributed by atoms with E-state index in [0.717, 1.165) is 38.3 Å². The maximum atomic E-state index is 6.07. The third-order valence-electron chi connectivity index (χ3n) is 3.40. The van der Waals surface area contributed by atoms with Crippen molar-refractivity contribution in [1.82, 2.24) is 9.78 Å². The lowest BCUT2D eigenvalue weighted by Gasteiger charge is -2.16. The molecule has 0 unspecified atom stereocenters. The fourth-order valence-electron chi connectivity index (χ4n) is 2.09. The normalized spacial score (nSPS) is 21.9. The van der Waals surface area contributed by atoms with E-state index < -0.39 is 0 Å². The number of nitrogens with zero attached hydrogens (tertiary/aromatic N) is 2. The first-order valence-corrected chi connectivity index (χ1v) is 5.73. The van der Waals surface area contributed by atoms with Gasteiger partial charge in [-0.3, -0.25) is 0 Å². The predicted octanol–water partition coefficient (Wildman–Crippen LogP) is 1.09. The Kier molecular flexibility index (Phi) is 1.99. The van der Waals surface area contributed by atoms with Gasteiger partial charge >= 0.3 is 0 Å². The van der Waals surface area contributed by atoms with Gasteiger partial charge in [-0.05, 0) is 25.7 Å². The number of fused-ring (bicyclic) bond motifs is 1. The number of nitrogens with two attached hydrogens (primary N) is 1. The molecule has 0 spiro atoms. The van der Waals surface area contributed by atoms with Gasteiger partial charge in [-0.1, -0.05) is 0 Å². The van der Waals surface area contributed by atoms with Crippen LogP contribution in [0.5, 0.6) is 5.88 Å². The number of aromatic nitrogens is 2. The maximum Gasteiger partial charge on any atom is 0.215 e. The van der Waals surface area contributed by atoms with Gasteiger partial charge in [-0.25, -0.2) is 4.68 Å². The van der Waals surface area contributed by atoms with Gasteiger partial charge in [0.15, 0.2) is 0 Å². The van der Waals surface area contributed by atoms with E-state index in [0.29, 0.717) is 0 Å². The predicted molar refractivity (Wildman–Crippen MR) is 56.8 cm³/mol. The van der Waals surface area contributed by atoms with Crippen molar-refractivity contribution in [3.63, 3.8) is 0 Å². The summed E-state index contributed by atoms with van der Waals surface area (Å²) in [4.78, 5) is 0. The van der Waals surface area contributed by atoms with Crippen LogP contribution in [0.2, 0.25) is 0 Å². The Morgan fingerprint density at radius 2 is 2.40 bits per heavy atom. The molecule has 3 rings (SSSR count). The van der Waals surface area contributed by atoms with Crippen LogP contribution in [0.25, 0.3) is 0 Å². The summed E-state index contributed by atoms with van der Waals surface area (Å²) in [5.41, 5.74) is 7.43. The largest absolute Gasteiger partial charge is 0.478 e. The molecule has 4 nitrogen and oxygen atoms in total. The molecule has 1 aliphatic heterocycles. The van der Waals surface area contributed by atoms with E-state index in [1.165, 1.54) is 18.4 Å². The molecule has 2 N–H and O–H groups in total. The molecule has 0 bridgehead atoms. The lowest BCUT2D eigenvalue weighted by molar-refractivity contribution is 0.228. The number of rotatable bonds is 3. The summed E-state index contributed by atoms with van der Waals surface area (Å²) in [5, 5.41) is 4.33. The summed E-state index contributed by atoms with van der Waals surface area (Å²) in [6, 6.07) is 0.